The first kappa shape index (κ1) is 13.5. The van der Waals surface area contributed by atoms with Crippen molar-refractivity contribution in [3.05, 3.63) is 36.5 Å². The van der Waals surface area contributed by atoms with Crippen LogP contribution in [0.25, 0.3) is 10.9 Å². The lowest BCUT2D eigenvalue weighted by Gasteiger charge is -2.11. The topological polar surface area (TPSA) is 68.0 Å². The molecule has 0 fully saturated rings. The number of unbranched alkanes of at least 4 members (excludes halogenated alkanes) is 1. The van der Waals surface area contributed by atoms with Crippen molar-refractivity contribution in [2.45, 2.75) is 32.2 Å². The molecular weight excluding hydrogens is 238 g/mol. The summed E-state index contributed by atoms with van der Waals surface area (Å²) in [4.78, 5) is 16.2. The fourth-order valence-corrected chi connectivity index (χ4v) is 1.93. The van der Waals surface area contributed by atoms with Gasteiger partial charge in [-0.15, -0.1) is 0 Å². The van der Waals surface area contributed by atoms with Crippen LogP contribution in [-0.4, -0.2) is 16.9 Å². The Labute approximate surface area is 113 Å². The van der Waals surface area contributed by atoms with Crippen molar-refractivity contribution in [2.75, 3.05) is 5.32 Å². The van der Waals surface area contributed by atoms with Gasteiger partial charge in [-0.3, -0.25) is 9.78 Å². The van der Waals surface area contributed by atoms with Crippen molar-refractivity contribution >= 4 is 22.5 Å². The minimum Gasteiger partial charge on any atom is -0.323 e. The van der Waals surface area contributed by atoms with Crippen molar-refractivity contribution in [1.82, 2.24) is 4.98 Å². The second kappa shape index (κ2) is 6.29. The number of nitrogens with zero attached hydrogens (tertiary/aromatic N) is 1. The van der Waals surface area contributed by atoms with Crippen molar-refractivity contribution < 1.29 is 4.79 Å². The first-order valence-electron chi connectivity index (χ1n) is 6.62. The number of amides is 1. The smallest absolute Gasteiger partial charge is 0.241 e. The predicted molar refractivity (Wildman–Crippen MR) is 77.9 cm³/mol. The lowest BCUT2D eigenvalue weighted by atomic mass is 10.1. The normalized spacial score (nSPS) is 12.3. The van der Waals surface area contributed by atoms with Crippen molar-refractivity contribution in [3.63, 3.8) is 0 Å². The maximum absolute atomic E-state index is 11.9. The molecule has 1 heterocycles. The number of pyridine rings is 1. The van der Waals surface area contributed by atoms with Crippen molar-refractivity contribution in [2.24, 2.45) is 5.73 Å². The van der Waals surface area contributed by atoms with E-state index in [4.69, 9.17) is 5.73 Å². The number of benzene rings is 1. The average molecular weight is 257 g/mol. The number of hydrogen-bond donors (Lipinski definition) is 2. The van der Waals surface area contributed by atoms with Gasteiger partial charge in [-0.1, -0.05) is 38.0 Å². The number of fused-ring (bicyclic) bond motifs is 1. The highest BCUT2D eigenvalue weighted by Crippen LogP contribution is 2.16. The Balaban J connectivity index is 2.06. The van der Waals surface area contributed by atoms with E-state index >= 15 is 0 Å². The van der Waals surface area contributed by atoms with Gasteiger partial charge in [-0.2, -0.15) is 0 Å². The molecule has 2 rings (SSSR count). The van der Waals surface area contributed by atoms with Gasteiger partial charge in [0.15, 0.2) is 0 Å². The molecule has 3 N–H and O–H groups in total. The van der Waals surface area contributed by atoms with E-state index in [1.54, 1.807) is 6.20 Å². The summed E-state index contributed by atoms with van der Waals surface area (Å²) in [5.41, 5.74) is 7.43. The number of nitrogens with two attached hydrogens (primary N) is 1. The summed E-state index contributed by atoms with van der Waals surface area (Å²) in [5.74, 6) is -0.148. The number of rotatable bonds is 5. The first-order chi connectivity index (χ1) is 9.20. The fourth-order valence-electron chi connectivity index (χ4n) is 1.93. The van der Waals surface area contributed by atoms with E-state index in [9.17, 15) is 4.79 Å². The number of carbonyl (C=O) groups is 1. The van der Waals surface area contributed by atoms with Gasteiger partial charge >= 0.3 is 0 Å². The molecule has 1 aromatic carbocycles. The number of carbonyl (C=O) groups excluding carboxylic acids is 1. The van der Waals surface area contributed by atoms with Crippen LogP contribution in [0.1, 0.15) is 26.2 Å². The lowest BCUT2D eigenvalue weighted by molar-refractivity contribution is -0.117. The van der Waals surface area contributed by atoms with E-state index < -0.39 is 6.04 Å². The van der Waals surface area contributed by atoms with Gasteiger partial charge < -0.3 is 11.1 Å². The van der Waals surface area contributed by atoms with Gasteiger partial charge in [0.05, 0.1) is 23.4 Å². The van der Waals surface area contributed by atoms with Gasteiger partial charge in [-0.25, -0.2) is 0 Å². The first-order valence-corrected chi connectivity index (χ1v) is 6.62. The zero-order valence-corrected chi connectivity index (χ0v) is 11.1. The summed E-state index contributed by atoms with van der Waals surface area (Å²) in [6.07, 6.45) is 4.37. The van der Waals surface area contributed by atoms with E-state index in [0.717, 1.165) is 23.7 Å². The third-order valence-electron chi connectivity index (χ3n) is 3.06. The quantitative estimate of drug-likeness (QED) is 0.865. The van der Waals surface area contributed by atoms with Crippen LogP contribution < -0.4 is 11.1 Å². The maximum atomic E-state index is 11.9. The molecule has 4 heteroatoms. The monoisotopic (exact) mass is 257 g/mol. The second-order valence-electron chi connectivity index (χ2n) is 4.65. The molecule has 0 spiro atoms. The van der Waals surface area contributed by atoms with Crippen LogP contribution in [0.2, 0.25) is 0 Å². The Kier molecular flexibility index (Phi) is 4.47. The molecule has 0 unspecified atom stereocenters. The zero-order chi connectivity index (χ0) is 13.7. The Hall–Kier alpha value is -1.94. The number of para-hydroxylation sites is 1. The lowest BCUT2D eigenvalue weighted by Crippen LogP contribution is -2.35. The molecule has 0 radical (unpaired) electrons. The molecule has 1 atom stereocenters. The number of hydrogen-bond acceptors (Lipinski definition) is 3. The fraction of sp³-hybridized carbons (Fsp3) is 0.333. The van der Waals surface area contributed by atoms with Gasteiger partial charge in [-0.05, 0) is 18.6 Å². The van der Waals surface area contributed by atoms with Crippen LogP contribution in [-0.2, 0) is 4.79 Å². The van der Waals surface area contributed by atoms with Gasteiger partial charge in [0.1, 0.15) is 0 Å². The summed E-state index contributed by atoms with van der Waals surface area (Å²) in [5, 5.41) is 3.82. The van der Waals surface area contributed by atoms with Crippen LogP contribution in [0, 0.1) is 0 Å². The highest BCUT2D eigenvalue weighted by Gasteiger charge is 2.12. The Bertz CT molecular complexity index is 568. The molecule has 1 amide bonds. The van der Waals surface area contributed by atoms with Crippen LogP contribution in [0.5, 0.6) is 0 Å². The Morgan fingerprint density at radius 1 is 1.42 bits per heavy atom. The molecule has 0 saturated heterocycles. The molecule has 0 bridgehead atoms. The summed E-state index contributed by atoms with van der Waals surface area (Å²) in [6, 6.07) is 9.25. The van der Waals surface area contributed by atoms with E-state index in [0.29, 0.717) is 12.1 Å². The summed E-state index contributed by atoms with van der Waals surface area (Å²) in [7, 11) is 0. The number of nitrogens with one attached hydrogen (secondary N) is 1. The molecular formula is C15H19N3O. The zero-order valence-electron chi connectivity index (χ0n) is 11.1. The standard InChI is InChI=1S/C15H19N3O/c1-2-3-7-13(16)15(19)18-12-9-11-6-4-5-8-14(11)17-10-12/h4-6,8-10,13H,2-3,7,16H2,1H3,(H,18,19)/t13-/m0/s1. The van der Waals surface area contributed by atoms with E-state index in [1.807, 2.05) is 30.3 Å². The largest absolute Gasteiger partial charge is 0.323 e. The Morgan fingerprint density at radius 3 is 3.00 bits per heavy atom. The molecule has 19 heavy (non-hydrogen) atoms. The second-order valence-corrected chi connectivity index (χ2v) is 4.65. The molecule has 2 aromatic rings. The summed E-state index contributed by atoms with van der Waals surface area (Å²) >= 11 is 0. The minimum atomic E-state index is -0.452. The third-order valence-corrected chi connectivity index (χ3v) is 3.06. The van der Waals surface area contributed by atoms with Gasteiger partial charge in [0, 0.05) is 5.39 Å². The molecule has 0 aliphatic carbocycles. The predicted octanol–water partition coefficient (Wildman–Crippen LogP) is 2.69. The van der Waals surface area contributed by atoms with Crippen LogP contribution in [0.4, 0.5) is 5.69 Å². The molecule has 100 valence electrons. The van der Waals surface area contributed by atoms with E-state index in [-0.39, 0.29) is 5.91 Å². The van der Waals surface area contributed by atoms with Crippen molar-refractivity contribution in [3.8, 4) is 0 Å². The Morgan fingerprint density at radius 2 is 2.21 bits per heavy atom. The maximum Gasteiger partial charge on any atom is 0.241 e. The number of anilines is 1. The van der Waals surface area contributed by atoms with Gasteiger partial charge in [0.2, 0.25) is 5.91 Å². The van der Waals surface area contributed by atoms with E-state index in [2.05, 4.69) is 17.2 Å². The van der Waals surface area contributed by atoms with Crippen LogP contribution >= 0.6 is 0 Å². The third kappa shape index (κ3) is 3.51. The highest BCUT2D eigenvalue weighted by atomic mass is 16.2. The average Bonchev–Trinajstić information content (AvgIpc) is 2.44. The molecule has 0 saturated carbocycles. The SMILES string of the molecule is CCCC[C@H](N)C(=O)Nc1cnc2ccccc2c1. The highest BCUT2D eigenvalue weighted by molar-refractivity contribution is 5.96. The van der Waals surface area contributed by atoms with Crippen LogP contribution in [0.3, 0.4) is 0 Å². The molecule has 0 aliphatic rings. The van der Waals surface area contributed by atoms with Crippen LogP contribution in [0.15, 0.2) is 36.5 Å². The van der Waals surface area contributed by atoms with E-state index in [1.165, 1.54) is 0 Å². The number of aromatic nitrogens is 1. The molecule has 4 nitrogen and oxygen atoms in total. The summed E-state index contributed by atoms with van der Waals surface area (Å²) < 4.78 is 0. The molecule has 1 aromatic heterocycles. The van der Waals surface area contributed by atoms with Crippen molar-refractivity contribution in [1.29, 1.82) is 0 Å². The minimum absolute atomic E-state index is 0.148. The van der Waals surface area contributed by atoms with Gasteiger partial charge in [0.25, 0.3) is 0 Å². The summed E-state index contributed by atoms with van der Waals surface area (Å²) in [6.45, 7) is 2.08. The molecule has 0 aliphatic heterocycles.